The van der Waals surface area contributed by atoms with Gasteiger partial charge in [0.25, 0.3) is 11.8 Å². The van der Waals surface area contributed by atoms with Crippen molar-refractivity contribution in [3.05, 3.63) is 59.7 Å². The molecule has 2 rings (SSSR count). The first-order chi connectivity index (χ1) is 15.4. The van der Waals surface area contributed by atoms with Crippen LogP contribution in [0.3, 0.4) is 0 Å². The van der Waals surface area contributed by atoms with Gasteiger partial charge in [-0.1, -0.05) is 6.08 Å². The second kappa shape index (κ2) is 12.0. The maximum absolute atomic E-state index is 12.3. The second-order valence-corrected chi connectivity index (χ2v) is 6.50. The molecule has 0 unspecified atom stereocenters. The highest BCUT2D eigenvalue weighted by Crippen LogP contribution is 2.32. The van der Waals surface area contributed by atoms with Crippen LogP contribution in [0.5, 0.6) is 23.0 Å². The molecule has 0 aliphatic rings. The molecule has 9 heteroatoms. The number of nitrogens with zero attached hydrogens (tertiary/aromatic N) is 1. The zero-order valence-electron chi connectivity index (χ0n) is 18.3. The van der Waals surface area contributed by atoms with Crippen molar-refractivity contribution in [2.24, 2.45) is 5.10 Å². The highest BCUT2D eigenvalue weighted by molar-refractivity contribution is 5.97. The highest BCUT2D eigenvalue weighted by Gasteiger charge is 2.12. The number of aromatic hydroxyl groups is 1. The molecule has 0 saturated carbocycles. The molecule has 0 heterocycles. The quantitative estimate of drug-likeness (QED) is 0.280. The molecule has 2 aromatic carbocycles. The average molecular weight is 441 g/mol. The van der Waals surface area contributed by atoms with Crippen LogP contribution in [-0.4, -0.2) is 50.5 Å². The number of ether oxygens (including phenoxy) is 3. The number of carbonyl (C=O) groups excluding carboxylic acids is 2. The van der Waals surface area contributed by atoms with Crippen molar-refractivity contribution < 1.29 is 28.9 Å². The van der Waals surface area contributed by atoms with Crippen LogP contribution in [0.1, 0.15) is 28.4 Å². The van der Waals surface area contributed by atoms with Crippen molar-refractivity contribution in [3.63, 3.8) is 0 Å². The normalized spacial score (nSPS) is 10.5. The van der Waals surface area contributed by atoms with Crippen LogP contribution in [0.25, 0.3) is 0 Å². The van der Waals surface area contributed by atoms with Crippen molar-refractivity contribution >= 4 is 18.0 Å². The predicted octanol–water partition coefficient (Wildman–Crippen LogP) is 2.42. The molecule has 0 aliphatic heterocycles. The Morgan fingerprint density at radius 2 is 1.88 bits per heavy atom. The lowest BCUT2D eigenvalue weighted by molar-refractivity contribution is -0.120. The van der Waals surface area contributed by atoms with Crippen molar-refractivity contribution in [2.75, 3.05) is 27.4 Å². The summed E-state index contributed by atoms with van der Waals surface area (Å²) in [5, 5.41) is 16.6. The summed E-state index contributed by atoms with van der Waals surface area (Å²) in [5.74, 6) is 0.316. The number of methoxy groups -OCH3 is 2. The lowest BCUT2D eigenvalue weighted by Crippen LogP contribution is -2.34. The summed E-state index contributed by atoms with van der Waals surface area (Å²) < 4.78 is 15.7. The van der Waals surface area contributed by atoms with E-state index in [4.69, 9.17) is 14.2 Å². The van der Waals surface area contributed by atoms with Crippen LogP contribution in [-0.2, 0) is 11.2 Å². The molecular weight excluding hydrogens is 414 g/mol. The topological polar surface area (TPSA) is 118 Å². The summed E-state index contributed by atoms with van der Waals surface area (Å²) in [6.45, 7) is 5.60. The fourth-order valence-corrected chi connectivity index (χ4v) is 2.80. The van der Waals surface area contributed by atoms with Crippen LogP contribution in [0.4, 0.5) is 0 Å². The summed E-state index contributed by atoms with van der Waals surface area (Å²) in [4.78, 5) is 24.3. The van der Waals surface area contributed by atoms with E-state index in [0.29, 0.717) is 47.0 Å². The number of hydrazone groups is 1. The van der Waals surface area contributed by atoms with Gasteiger partial charge in [-0.25, -0.2) is 5.43 Å². The maximum Gasteiger partial charge on any atom is 0.259 e. The number of phenolic OH excluding ortho intramolecular Hbond substituents is 1. The van der Waals surface area contributed by atoms with E-state index in [1.807, 2.05) is 6.92 Å². The molecular formula is C23H27N3O6. The first-order valence-corrected chi connectivity index (χ1v) is 9.85. The van der Waals surface area contributed by atoms with Crippen LogP contribution in [0.15, 0.2) is 48.1 Å². The fourth-order valence-electron chi connectivity index (χ4n) is 2.80. The molecule has 9 nitrogen and oxygen atoms in total. The van der Waals surface area contributed by atoms with Gasteiger partial charge in [0, 0.05) is 11.1 Å². The van der Waals surface area contributed by atoms with Crippen molar-refractivity contribution in [1.29, 1.82) is 0 Å². The molecule has 0 atom stereocenters. The molecule has 0 radical (unpaired) electrons. The predicted molar refractivity (Wildman–Crippen MR) is 121 cm³/mol. The SMILES string of the molecule is C=CCc1cc(C=NNC(=O)CNC(=O)c2ccc(OC)c(OC)c2)cc(OCC)c1O. The van der Waals surface area contributed by atoms with Crippen LogP contribution >= 0.6 is 0 Å². The van der Waals surface area contributed by atoms with Gasteiger partial charge in [-0.3, -0.25) is 9.59 Å². The Hall–Kier alpha value is -4.01. The fraction of sp³-hybridized carbons (Fsp3) is 0.261. The van der Waals surface area contributed by atoms with Gasteiger partial charge in [0.1, 0.15) is 0 Å². The zero-order chi connectivity index (χ0) is 23.5. The van der Waals surface area contributed by atoms with Gasteiger partial charge in [-0.05, 0) is 49.2 Å². The van der Waals surface area contributed by atoms with Crippen LogP contribution in [0.2, 0.25) is 0 Å². The van der Waals surface area contributed by atoms with Gasteiger partial charge in [-0.2, -0.15) is 5.10 Å². The highest BCUT2D eigenvalue weighted by atomic mass is 16.5. The standard InChI is InChI=1S/C23H27N3O6/c1-5-7-16-10-15(11-20(22(16)28)32-6-2)13-25-26-21(27)14-24-23(29)17-8-9-18(30-3)19(12-17)31-4/h5,8-13,28H,1,6-7,14H2,2-4H3,(H,24,29)(H,26,27). The number of hydrogen-bond acceptors (Lipinski definition) is 7. The van der Waals surface area contributed by atoms with Crippen LogP contribution < -0.4 is 25.0 Å². The number of benzene rings is 2. The molecule has 0 fully saturated rings. The third kappa shape index (κ3) is 6.49. The summed E-state index contributed by atoms with van der Waals surface area (Å²) in [7, 11) is 2.97. The van der Waals surface area contributed by atoms with Crippen molar-refractivity contribution in [3.8, 4) is 23.0 Å². The first kappa shape index (κ1) is 24.3. The third-order valence-electron chi connectivity index (χ3n) is 4.30. The summed E-state index contributed by atoms with van der Waals surface area (Å²) in [6.07, 6.45) is 3.53. The van der Waals surface area contributed by atoms with E-state index in [-0.39, 0.29) is 12.3 Å². The molecule has 170 valence electrons. The van der Waals surface area contributed by atoms with Gasteiger partial charge in [-0.15, -0.1) is 6.58 Å². The second-order valence-electron chi connectivity index (χ2n) is 6.50. The minimum atomic E-state index is -0.509. The minimum Gasteiger partial charge on any atom is -0.504 e. The lowest BCUT2D eigenvalue weighted by Gasteiger charge is -2.11. The molecule has 0 spiro atoms. The Bertz CT molecular complexity index is 1000. The van der Waals surface area contributed by atoms with Gasteiger partial charge >= 0.3 is 0 Å². The van der Waals surface area contributed by atoms with E-state index < -0.39 is 11.8 Å². The largest absolute Gasteiger partial charge is 0.504 e. The lowest BCUT2D eigenvalue weighted by atomic mass is 10.1. The number of hydrogen-bond donors (Lipinski definition) is 3. The Morgan fingerprint density at radius 1 is 1.12 bits per heavy atom. The number of phenols is 1. The molecule has 32 heavy (non-hydrogen) atoms. The van der Waals surface area contributed by atoms with Gasteiger partial charge in [0.2, 0.25) is 0 Å². The minimum absolute atomic E-state index is 0.0470. The number of amides is 2. The average Bonchev–Trinajstić information content (AvgIpc) is 2.80. The summed E-state index contributed by atoms with van der Waals surface area (Å²) in [5.41, 5.74) is 3.91. The zero-order valence-corrected chi connectivity index (χ0v) is 18.3. The molecule has 0 aliphatic carbocycles. The molecule has 0 bridgehead atoms. The van der Waals surface area contributed by atoms with E-state index in [2.05, 4.69) is 22.4 Å². The maximum atomic E-state index is 12.3. The number of carbonyl (C=O) groups is 2. The Kier molecular flexibility index (Phi) is 9.09. The Labute approximate surface area is 186 Å². The third-order valence-corrected chi connectivity index (χ3v) is 4.30. The van der Waals surface area contributed by atoms with Gasteiger partial charge < -0.3 is 24.6 Å². The van der Waals surface area contributed by atoms with E-state index in [1.165, 1.54) is 26.5 Å². The van der Waals surface area contributed by atoms with E-state index in [9.17, 15) is 14.7 Å². The van der Waals surface area contributed by atoms with Gasteiger partial charge in [0.15, 0.2) is 23.0 Å². The Morgan fingerprint density at radius 3 is 2.53 bits per heavy atom. The number of allylic oxidation sites excluding steroid dienone is 1. The number of rotatable bonds is 11. The van der Waals surface area contributed by atoms with Gasteiger partial charge in [0.05, 0.1) is 33.6 Å². The van der Waals surface area contributed by atoms with Crippen molar-refractivity contribution in [1.82, 2.24) is 10.7 Å². The van der Waals surface area contributed by atoms with E-state index in [0.717, 1.165) is 0 Å². The molecule has 2 amide bonds. The summed E-state index contributed by atoms with van der Waals surface area (Å²) >= 11 is 0. The summed E-state index contributed by atoms with van der Waals surface area (Å²) in [6, 6.07) is 8.01. The monoisotopic (exact) mass is 441 g/mol. The van der Waals surface area contributed by atoms with E-state index >= 15 is 0 Å². The van der Waals surface area contributed by atoms with Crippen molar-refractivity contribution in [2.45, 2.75) is 13.3 Å². The first-order valence-electron chi connectivity index (χ1n) is 9.85. The smallest absolute Gasteiger partial charge is 0.259 e. The molecule has 0 aromatic heterocycles. The number of nitrogens with one attached hydrogen (secondary N) is 2. The Balaban J connectivity index is 1.96. The van der Waals surface area contributed by atoms with E-state index in [1.54, 1.807) is 30.3 Å². The van der Waals surface area contributed by atoms with Crippen LogP contribution in [0, 0.1) is 0 Å². The molecule has 2 aromatic rings. The molecule has 3 N–H and O–H groups in total. The molecule has 0 saturated heterocycles.